The predicted octanol–water partition coefficient (Wildman–Crippen LogP) is 1.53. The molecule has 1 aliphatic rings. The number of nitrogens with one attached hydrogen (secondary N) is 1. The number of sulfonamides is 1. The maximum absolute atomic E-state index is 12.4. The molecular formula is C12H26N2O2S2. The van der Waals surface area contributed by atoms with Gasteiger partial charge in [-0.15, -0.1) is 0 Å². The normalized spacial score (nSPS) is 23.6. The number of rotatable bonds is 5. The zero-order valence-corrected chi connectivity index (χ0v) is 13.5. The topological polar surface area (TPSA) is 49.4 Å². The Morgan fingerprint density at radius 1 is 1.39 bits per heavy atom. The maximum Gasteiger partial charge on any atom is 0.217 e. The van der Waals surface area contributed by atoms with E-state index in [1.807, 2.05) is 18.7 Å². The lowest BCUT2D eigenvalue weighted by Gasteiger charge is -2.25. The van der Waals surface area contributed by atoms with E-state index in [0.29, 0.717) is 19.6 Å². The van der Waals surface area contributed by atoms with Gasteiger partial charge in [0.05, 0.1) is 5.25 Å². The van der Waals surface area contributed by atoms with Gasteiger partial charge in [-0.25, -0.2) is 12.7 Å². The van der Waals surface area contributed by atoms with Crippen molar-refractivity contribution in [3.63, 3.8) is 0 Å². The molecule has 0 spiro atoms. The van der Waals surface area contributed by atoms with Crippen LogP contribution in [-0.4, -0.2) is 54.7 Å². The highest BCUT2D eigenvalue weighted by Crippen LogP contribution is 2.31. The Hall–Kier alpha value is 0.220. The molecule has 1 fully saturated rings. The molecule has 1 N–H and O–H groups in total. The molecule has 1 saturated heterocycles. The first kappa shape index (κ1) is 16.3. The fraction of sp³-hybridized carbons (Fsp3) is 1.00. The van der Waals surface area contributed by atoms with Crippen LogP contribution in [0.1, 0.15) is 34.1 Å². The van der Waals surface area contributed by atoms with Crippen LogP contribution >= 0.6 is 11.8 Å². The van der Waals surface area contributed by atoms with Crippen LogP contribution < -0.4 is 5.32 Å². The van der Waals surface area contributed by atoms with E-state index in [0.717, 1.165) is 18.7 Å². The molecule has 1 atom stereocenters. The van der Waals surface area contributed by atoms with Gasteiger partial charge in [0.15, 0.2) is 0 Å². The van der Waals surface area contributed by atoms with Crippen LogP contribution in [0.25, 0.3) is 0 Å². The molecular weight excluding hydrogens is 268 g/mol. The van der Waals surface area contributed by atoms with Crippen LogP contribution in [0.2, 0.25) is 0 Å². The molecule has 1 aliphatic heterocycles. The van der Waals surface area contributed by atoms with Gasteiger partial charge in [-0.1, -0.05) is 20.8 Å². The summed E-state index contributed by atoms with van der Waals surface area (Å²) < 4.78 is 26.7. The Labute approximate surface area is 116 Å². The van der Waals surface area contributed by atoms with Crippen molar-refractivity contribution in [3.05, 3.63) is 0 Å². The van der Waals surface area contributed by atoms with Crippen LogP contribution in [0.3, 0.4) is 0 Å². The van der Waals surface area contributed by atoms with Crippen molar-refractivity contribution in [1.82, 2.24) is 9.62 Å². The zero-order valence-electron chi connectivity index (χ0n) is 11.9. The number of nitrogens with zero attached hydrogens (tertiary/aromatic N) is 1. The van der Waals surface area contributed by atoms with Gasteiger partial charge in [-0.05, 0) is 19.9 Å². The summed E-state index contributed by atoms with van der Waals surface area (Å²) in [5, 5.41) is 2.77. The van der Waals surface area contributed by atoms with Gasteiger partial charge in [0, 0.05) is 30.1 Å². The molecule has 0 bridgehead atoms. The molecule has 1 heterocycles. The summed E-state index contributed by atoms with van der Waals surface area (Å²) in [5.74, 6) is 0.889. The minimum absolute atomic E-state index is 0.190. The minimum atomic E-state index is -3.15. The Bertz CT molecular complexity index is 355. The Morgan fingerprint density at radius 3 is 2.67 bits per heavy atom. The highest BCUT2D eigenvalue weighted by Gasteiger charge is 2.32. The Morgan fingerprint density at radius 2 is 2.06 bits per heavy atom. The summed E-state index contributed by atoms with van der Waals surface area (Å²) in [7, 11) is -3.15. The van der Waals surface area contributed by atoms with Crippen molar-refractivity contribution < 1.29 is 8.42 Å². The van der Waals surface area contributed by atoms with E-state index in [1.165, 1.54) is 0 Å². The van der Waals surface area contributed by atoms with E-state index in [4.69, 9.17) is 0 Å². The lowest BCUT2D eigenvalue weighted by atomic mass is 10.1. The summed E-state index contributed by atoms with van der Waals surface area (Å²) in [5.41, 5.74) is 0. The lowest BCUT2D eigenvalue weighted by molar-refractivity contribution is 0.407. The molecule has 6 heteroatoms. The van der Waals surface area contributed by atoms with Crippen LogP contribution in [0, 0.1) is 0 Å². The SMILES string of the molecule is CCNCC(C)S(=O)(=O)N1CCSC(C)(C)CC1. The van der Waals surface area contributed by atoms with Gasteiger partial charge in [0.2, 0.25) is 10.0 Å². The summed E-state index contributed by atoms with van der Waals surface area (Å²) >= 11 is 1.87. The molecule has 1 unspecified atom stereocenters. The Kier molecular flexibility index (Phi) is 5.96. The highest BCUT2D eigenvalue weighted by atomic mass is 32.2. The van der Waals surface area contributed by atoms with Crippen molar-refractivity contribution in [2.45, 2.75) is 44.1 Å². The van der Waals surface area contributed by atoms with Crippen molar-refractivity contribution >= 4 is 21.8 Å². The van der Waals surface area contributed by atoms with Gasteiger partial charge in [0.25, 0.3) is 0 Å². The third-order valence-electron chi connectivity index (χ3n) is 3.35. The second kappa shape index (κ2) is 6.59. The van der Waals surface area contributed by atoms with E-state index in [2.05, 4.69) is 19.2 Å². The second-order valence-electron chi connectivity index (χ2n) is 5.42. The van der Waals surface area contributed by atoms with Crippen LogP contribution in [-0.2, 0) is 10.0 Å². The summed E-state index contributed by atoms with van der Waals surface area (Å²) in [6.45, 7) is 10.8. The molecule has 0 aromatic heterocycles. The van der Waals surface area contributed by atoms with E-state index >= 15 is 0 Å². The summed E-state index contributed by atoms with van der Waals surface area (Å²) in [6.07, 6.45) is 0.921. The predicted molar refractivity (Wildman–Crippen MR) is 79.7 cm³/mol. The van der Waals surface area contributed by atoms with Crippen molar-refractivity contribution in [2.75, 3.05) is 31.9 Å². The summed E-state index contributed by atoms with van der Waals surface area (Å²) in [6, 6.07) is 0. The zero-order chi connectivity index (χ0) is 13.8. The van der Waals surface area contributed by atoms with E-state index < -0.39 is 10.0 Å². The molecule has 4 nitrogen and oxygen atoms in total. The third-order valence-corrected chi connectivity index (χ3v) is 6.99. The second-order valence-corrected chi connectivity index (χ2v) is 9.57. The molecule has 0 radical (unpaired) electrons. The van der Waals surface area contributed by atoms with Gasteiger partial charge < -0.3 is 5.32 Å². The average molecular weight is 294 g/mol. The monoisotopic (exact) mass is 294 g/mol. The molecule has 1 rings (SSSR count). The standard InChI is InChI=1S/C12H26N2O2S2/c1-5-13-10-11(2)18(15,16)14-7-6-12(3,4)17-9-8-14/h11,13H,5-10H2,1-4H3. The van der Waals surface area contributed by atoms with Crippen molar-refractivity contribution in [3.8, 4) is 0 Å². The molecule has 0 aromatic carbocycles. The number of hydrogen-bond acceptors (Lipinski definition) is 4. The molecule has 0 saturated carbocycles. The minimum Gasteiger partial charge on any atom is -0.316 e. The van der Waals surface area contributed by atoms with Gasteiger partial charge in [-0.3, -0.25) is 0 Å². The Balaban J connectivity index is 2.67. The fourth-order valence-electron chi connectivity index (χ4n) is 1.96. The van der Waals surface area contributed by atoms with Gasteiger partial charge >= 0.3 is 0 Å². The van der Waals surface area contributed by atoms with Crippen molar-refractivity contribution in [2.24, 2.45) is 0 Å². The smallest absolute Gasteiger partial charge is 0.217 e. The first-order chi connectivity index (χ1) is 8.29. The molecule has 0 aliphatic carbocycles. The van der Waals surface area contributed by atoms with Crippen LogP contribution in [0.15, 0.2) is 0 Å². The first-order valence-corrected chi connectivity index (χ1v) is 9.12. The first-order valence-electron chi connectivity index (χ1n) is 6.63. The van der Waals surface area contributed by atoms with Crippen LogP contribution in [0.5, 0.6) is 0 Å². The number of hydrogen-bond donors (Lipinski definition) is 1. The van der Waals surface area contributed by atoms with E-state index in [9.17, 15) is 8.42 Å². The van der Waals surface area contributed by atoms with Gasteiger partial charge in [-0.2, -0.15) is 11.8 Å². The quantitative estimate of drug-likeness (QED) is 0.835. The summed E-state index contributed by atoms with van der Waals surface area (Å²) in [4.78, 5) is 0. The third kappa shape index (κ3) is 4.40. The van der Waals surface area contributed by atoms with Crippen molar-refractivity contribution in [1.29, 1.82) is 0 Å². The van der Waals surface area contributed by atoms with Crippen LogP contribution in [0.4, 0.5) is 0 Å². The largest absolute Gasteiger partial charge is 0.316 e. The van der Waals surface area contributed by atoms with Gasteiger partial charge in [0.1, 0.15) is 0 Å². The molecule has 108 valence electrons. The van der Waals surface area contributed by atoms with E-state index in [-0.39, 0.29) is 10.00 Å². The fourth-order valence-corrected chi connectivity index (χ4v) is 4.71. The lowest BCUT2D eigenvalue weighted by Crippen LogP contribution is -2.43. The molecule has 0 amide bonds. The van der Waals surface area contributed by atoms with E-state index in [1.54, 1.807) is 11.2 Å². The molecule has 18 heavy (non-hydrogen) atoms. The highest BCUT2D eigenvalue weighted by molar-refractivity contribution is 8.00. The maximum atomic E-state index is 12.4. The molecule has 0 aromatic rings. The number of thioether (sulfide) groups is 1. The average Bonchev–Trinajstić information content (AvgIpc) is 2.47.